The Morgan fingerprint density at radius 2 is 2.11 bits per heavy atom. The lowest BCUT2D eigenvalue weighted by atomic mass is 10.4. The van der Waals surface area contributed by atoms with Crippen LogP contribution in [0.5, 0.6) is 0 Å². The predicted octanol–water partition coefficient (Wildman–Crippen LogP) is 0.821. The van der Waals surface area contributed by atoms with Crippen LogP contribution in [0.25, 0.3) is 0 Å². The minimum Gasteiger partial charge on any atom is -0.382 e. The van der Waals surface area contributed by atoms with Gasteiger partial charge in [-0.25, -0.2) is 13.1 Å². The molecule has 0 aromatic carbocycles. The third-order valence-corrected chi connectivity index (χ3v) is 4.71. The van der Waals surface area contributed by atoms with E-state index >= 15 is 0 Å². The van der Waals surface area contributed by atoms with Gasteiger partial charge in [0.1, 0.15) is 15.2 Å². The van der Waals surface area contributed by atoms with Crippen molar-refractivity contribution in [2.24, 2.45) is 0 Å². The van der Waals surface area contributed by atoms with Crippen LogP contribution in [0, 0.1) is 11.3 Å². The Hall–Kier alpha value is -1.15. The van der Waals surface area contributed by atoms with Gasteiger partial charge in [-0.3, -0.25) is 0 Å². The maximum absolute atomic E-state index is 12.0. The Labute approximate surface area is 105 Å². The van der Waals surface area contributed by atoms with Crippen molar-refractivity contribution in [1.82, 2.24) is 4.72 Å². The Morgan fingerprint density at radius 3 is 2.56 bits per heavy atom. The molecule has 0 bridgehead atoms. The number of rotatable bonds is 4. The maximum Gasteiger partial charge on any atom is 0.415 e. The molecule has 0 radical (unpaired) electrons. The van der Waals surface area contributed by atoms with Gasteiger partial charge in [-0.15, -0.1) is 11.3 Å². The molecule has 1 atom stereocenters. The second kappa shape index (κ2) is 5.23. The largest absolute Gasteiger partial charge is 0.415 e. The molecular formula is C8H7F3N2O3S2. The van der Waals surface area contributed by atoms with E-state index in [9.17, 15) is 21.6 Å². The number of hydrogen-bond acceptors (Lipinski definition) is 5. The second-order valence-corrected chi connectivity index (χ2v) is 6.22. The fourth-order valence-corrected chi connectivity index (χ4v) is 3.09. The van der Waals surface area contributed by atoms with Crippen LogP contribution >= 0.6 is 11.3 Å². The number of hydrogen-bond donors (Lipinski definition) is 2. The summed E-state index contributed by atoms with van der Waals surface area (Å²) < 4.78 is 60.2. The molecule has 0 fully saturated rings. The standard InChI is InChI=1S/C8H7F3N2O3S2/c9-8(10,11)6(14)4-13-18(15,16)7-2-1-5(3-12)17-7/h1-2,6,13-14H,4H2. The van der Waals surface area contributed by atoms with E-state index in [1.54, 1.807) is 10.8 Å². The number of nitriles is 1. The van der Waals surface area contributed by atoms with Crippen molar-refractivity contribution in [2.45, 2.75) is 16.5 Å². The lowest BCUT2D eigenvalue weighted by molar-refractivity contribution is -0.200. The summed E-state index contributed by atoms with van der Waals surface area (Å²) in [4.78, 5) is 0.117. The lowest BCUT2D eigenvalue weighted by Gasteiger charge is -2.14. The first kappa shape index (κ1) is 14.9. The van der Waals surface area contributed by atoms with Crippen LogP contribution in [-0.4, -0.2) is 32.3 Å². The fraction of sp³-hybridized carbons (Fsp3) is 0.375. The zero-order valence-electron chi connectivity index (χ0n) is 8.60. The van der Waals surface area contributed by atoms with E-state index in [1.165, 1.54) is 6.07 Å². The highest BCUT2D eigenvalue weighted by molar-refractivity contribution is 7.91. The van der Waals surface area contributed by atoms with Crippen molar-refractivity contribution in [3.8, 4) is 6.07 Å². The molecule has 18 heavy (non-hydrogen) atoms. The minimum absolute atomic E-state index is 0.117. The molecule has 5 nitrogen and oxygen atoms in total. The van der Waals surface area contributed by atoms with Crippen LogP contribution in [0.2, 0.25) is 0 Å². The first-order chi connectivity index (χ1) is 8.16. The Bertz CT molecular complexity index is 559. The summed E-state index contributed by atoms with van der Waals surface area (Å²) in [5.74, 6) is 0. The minimum atomic E-state index is -4.89. The highest BCUT2D eigenvalue weighted by atomic mass is 32.2. The molecule has 100 valence electrons. The Kier molecular flexibility index (Phi) is 4.33. The highest BCUT2D eigenvalue weighted by Crippen LogP contribution is 2.22. The Balaban J connectivity index is 2.75. The molecular weight excluding hydrogens is 293 g/mol. The van der Waals surface area contributed by atoms with Crippen molar-refractivity contribution in [3.63, 3.8) is 0 Å². The lowest BCUT2D eigenvalue weighted by Crippen LogP contribution is -2.40. The molecule has 0 spiro atoms. The van der Waals surface area contributed by atoms with Gasteiger partial charge in [-0.05, 0) is 12.1 Å². The van der Waals surface area contributed by atoms with E-state index in [2.05, 4.69) is 0 Å². The van der Waals surface area contributed by atoms with Crippen LogP contribution in [0.15, 0.2) is 16.3 Å². The van der Waals surface area contributed by atoms with Crippen molar-refractivity contribution in [1.29, 1.82) is 5.26 Å². The average Bonchev–Trinajstić information content (AvgIpc) is 2.73. The predicted molar refractivity (Wildman–Crippen MR) is 56.3 cm³/mol. The van der Waals surface area contributed by atoms with Gasteiger partial charge in [-0.2, -0.15) is 18.4 Å². The summed E-state index contributed by atoms with van der Waals surface area (Å²) in [6, 6.07) is 4.04. The molecule has 2 N–H and O–H groups in total. The average molecular weight is 300 g/mol. The SMILES string of the molecule is N#Cc1ccc(S(=O)(=O)NCC(O)C(F)(F)F)s1. The number of sulfonamides is 1. The van der Waals surface area contributed by atoms with Gasteiger partial charge in [0.25, 0.3) is 0 Å². The molecule has 0 aliphatic rings. The topological polar surface area (TPSA) is 90.2 Å². The third-order valence-electron chi connectivity index (χ3n) is 1.80. The first-order valence-corrected chi connectivity index (χ1v) is 6.71. The number of aliphatic hydroxyl groups is 1. The molecule has 0 aliphatic heterocycles. The second-order valence-electron chi connectivity index (χ2n) is 3.14. The number of nitrogens with zero attached hydrogens (tertiary/aromatic N) is 1. The molecule has 1 unspecified atom stereocenters. The van der Waals surface area contributed by atoms with Crippen molar-refractivity contribution >= 4 is 21.4 Å². The molecule has 0 saturated carbocycles. The molecule has 1 rings (SSSR count). The summed E-state index contributed by atoms with van der Waals surface area (Å²) in [7, 11) is -4.15. The van der Waals surface area contributed by atoms with Crippen LogP contribution in [0.1, 0.15) is 4.88 Å². The third kappa shape index (κ3) is 3.67. The van der Waals surface area contributed by atoms with Crippen molar-refractivity contribution in [2.75, 3.05) is 6.54 Å². The van der Waals surface area contributed by atoms with E-state index in [0.29, 0.717) is 11.3 Å². The smallest absolute Gasteiger partial charge is 0.382 e. The molecule has 1 heterocycles. The number of alkyl halides is 3. The highest BCUT2D eigenvalue weighted by Gasteiger charge is 2.38. The van der Waals surface area contributed by atoms with E-state index in [4.69, 9.17) is 10.4 Å². The van der Waals surface area contributed by atoms with Crippen LogP contribution in [-0.2, 0) is 10.0 Å². The molecule has 0 aliphatic carbocycles. The number of halogens is 3. The van der Waals surface area contributed by atoms with Crippen molar-refractivity contribution in [3.05, 3.63) is 17.0 Å². The summed E-state index contributed by atoms with van der Waals surface area (Å²) in [5, 5.41) is 17.1. The van der Waals surface area contributed by atoms with E-state index in [-0.39, 0.29) is 9.09 Å². The fourth-order valence-electron chi connectivity index (χ4n) is 0.900. The van der Waals surface area contributed by atoms with Gasteiger partial charge in [0.15, 0.2) is 6.10 Å². The summed E-state index contributed by atoms with van der Waals surface area (Å²) >= 11 is 0.625. The van der Waals surface area contributed by atoms with Gasteiger partial charge in [0, 0.05) is 6.54 Å². The molecule has 1 aromatic heterocycles. The summed E-state index contributed by atoms with van der Waals surface area (Å²) in [5.41, 5.74) is 0. The quantitative estimate of drug-likeness (QED) is 0.861. The van der Waals surface area contributed by atoms with Gasteiger partial charge in [-0.1, -0.05) is 0 Å². The van der Waals surface area contributed by atoms with Gasteiger partial charge in [0.2, 0.25) is 10.0 Å². The van der Waals surface area contributed by atoms with Gasteiger partial charge < -0.3 is 5.11 Å². The van der Waals surface area contributed by atoms with Crippen LogP contribution in [0.3, 0.4) is 0 Å². The van der Waals surface area contributed by atoms with E-state index in [0.717, 1.165) is 6.07 Å². The first-order valence-electron chi connectivity index (χ1n) is 4.41. The summed E-state index contributed by atoms with van der Waals surface area (Å²) in [6.07, 6.45) is -7.67. The zero-order valence-corrected chi connectivity index (χ0v) is 10.2. The zero-order chi connectivity index (χ0) is 14.0. The van der Waals surface area contributed by atoms with Crippen molar-refractivity contribution < 1.29 is 26.7 Å². The van der Waals surface area contributed by atoms with E-state index < -0.39 is 28.8 Å². The number of aliphatic hydroxyl groups excluding tert-OH is 1. The molecule has 0 saturated heterocycles. The van der Waals surface area contributed by atoms with Crippen LogP contribution < -0.4 is 4.72 Å². The molecule has 10 heteroatoms. The molecule has 0 amide bonds. The van der Waals surface area contributed by atoms with Crippen LogP contribution in [0.4, 0.5) is 13.2 Å². The Morgan fingerprint density at radius 1 is 1.50 bits per heavy atom. The van der Waals surface area contributed by atoms with Gasteiger partial charge >= 0.3 is 6.18 Å². The maximum atomic E-state index is 12.0. The summed E-state index contributed by atoms with van der Waals surface area (Å²) in [6.45, 7) is -1.17. The number of thiophene rings is 1. The normalized spacial score (nSPS) is 14.2. The van der Waals surface area contributed by atoms with Gasteiger partial charge in [0.05, 0.1) is 0 Å². The monoisotopic (exact) mass is 300 g/mol. The number of nitrogens with one attached hydrogen (secondary N) is 1. The molecule has 1 aromatic rings. The van der Waals surface area contributed by atoms with E-state index in [1.807, 2.05) is 0 Å².